The average molecular weight is 110 g/mol. The Morgan fingerprint density at radius 1 is 1.50 bits per heavy atom. The summed E-state index contributed by atoms with van der Waals surface area (Å²) < 4.78 is 0. The molecule has 0 aromatic rings. The summed E-state index contributed by atoms with van der Waals surface area (Å²) >= 11 is 0. The van der Waals surface area contributed by atoms with Crippen LogP contribution in [-0.4, -0.2) is 20.6 Å². The van der Waals surface area contributed by atoms with E-state index < -0.39 is 14.1 Å². The average Bonchev–Trinajstić information content (AvgIpc) is 1.36. The molecule has 0 radical (unpaired) electrons. The molecule has 0 fully saturated rings. The van der Waals surface area contributed by atoms with Gasteiger partial charge >= 0.3 is 5.71 Å². The van der Waals surface area contributed by atoms with E-state index in [4.69, 9.17) is 14.9 Å². The zero-order valence-electron chi connectivity index (χ0n) is 2.70. The first-order chi connectivity index (χ1) is 2.64. The molecule has 0 atom stereocenters. The summed E-state index contributed by atoms with van der Waals surface area (Å²) in [5.74, 6) is 0. The molecular weight excluding hydrogens is 107 g/mol. The molecule has 0 aliphatic carbocycles. The lowest BCUT2D eigenvalue weighted by atomic mass is 11.6. The summed E-state index contributed by atoms with van der Waals surface area (Å²) in [4.78, 5) is 24.5. The zero-order chi connectivity index (χ0) is 5.15. The van der Waals surface area contributed by atoms with E-state index in [0.717, 1.165) is 0 Å². The quantitative estimate of drug-likeness (QED) is 0.414. The van der Waals surface area contributed by atoms with E-state index in [1.807, 2.05) is 0 Å². The minimum Gasteiger partial charge on any atom is -0.475 e. The smallest absolute Gasteiger partial charge is 0.381 e. The summed E-state index contributed by atoms with van der Waals surface area (Å²) in [7, 11) is -2.74. The Hall–Kier alpha value is -0.180. The number of rotatable bonds is 1. The van der Waals surface area contributed by atoms with Crippen LogP contribution < -0.4 is 0 Å². The standard InChI is InChI=1S/CH3O4P/c2-1(3)6(4)5/h4-5H,(H,2,3). The minimum absolute atomic E-state index is 1.56. The molecular formula is CH3O4P. The van der Waals surface area contributed by atoms with Gasteiger partial charge in [-0.05, 0) is 0 Å². The second kappa shape index (κ2) is 2.08. The highest BCUT2D eigenvalue weighted by Gasteiger charge is 2.06. The molecule has 0 heterocycles. The summed E-state index contributed by atoms with van der Waals surface area (Å²) in [6.07, 6.45) is 0. The second-order valence-electron chi connectivity index (χ2n) is 0.572. The molecule has 36 valence electrons. The number of carboxylic acid groups (broad SMARTS) is 1. The number of hydrogen-bond acceptors (Lipinski definition) is 3. The van der Waals surface area contributed by atoms with Crippen LogP contribution in [0.1, 0.15) is 0 Å². The third kappa shape index (κ3) is 2.08. The van der Waals surface area contributed by atoms with Crippen LogP contribution in [0.4, 0.5) is 4.79 Å². The van der Waals surface area contributed by atoms with E-state index >= 15 is 0 Å². The van der Waals surface area contributed by atoms with Crippen molar-refractivity contribution in [2.75, 3.05) is 0 Å². The summed E-state index contributed by atoms with van der Waals surface area (Å²) in [5, 5.41) is 7.52. The van der Waals surface area contributed by atoms with Crippen LogP contribution in [0.15, 0.2) is 0 Å². The fourth-order valence-corrected chi connectivity index (χ4v) is 0. The van der Waals surface area contributed by atoms with Gasteiger partial charge in [-0.2, -0.15) is 0 Å². The van der Waals surface area contributed by atoms with Crippen LogP contribution in [0.5, 0.6) is 0 Å². The second-order valence-corrected chi connectivity index (χ2v) is 1.53. The van der Waals surface area contributed by atoms with Crippen LogP contribution in [0.2, 0.25) is 0 Å². The van der Waals surface area contributed by atoms with E-state index in [0.29, 0.717) is 0 Å². The van der Waals surface area contributed by atoms with Gasteiger partial charge in [-0.1, -0.05) is 0 Å². The molecule has 5 heteroatoms. The number of carbonyl (C=O) groups is 1. The Morgan fingerprint density at radius 2 is 1.67 bits per heavy atom. The van der Waals surface area contributed by atoms with Crippen LogP contribution in [0, 0.1) is 0 Å². The lowest BCUT2D eigenvalue weighted by Crippen LogP contribution is -1.84. The Bertz CT molecular complexity index is 58.6. The van der Waals surface area contributed by atoms with Crippen molar-refractivity contribution in [3.8, 4) is 0 Å². The van der Waals surface area contributed by atoms with Crippen molar-refractivity contribution >= 4 is 14.1 Å². The van der Waals surface area contributed by atoms with Gasteiger partial charge in [0, 0.05) is 0 Å². The first-order valence-corrected chi connectivity index (χ1v) is 2.30. The Labute approximate surface area is 35.0 Å². The molecule has 0 unspecified atom stereocenters. The predicted molar refractivity (Wildman–Crippen MR) is 19.4 cm³/mol. The van der Waals surface area contributed by atoms with Crippen LogP contribution in [0.25, 0.3) is 0 Å². The SMILES string of the molecule is O=C(O)P(O)O. The van der Waals surface area contributed by atoms with E-state index in [1.165, 1.54) is 0 Å². The van der Waals surface area contributed by atoms with E-state index in [2.05, 4.69) is 0 Å². The molecule has 0 saturated heterocycles. The maximum atomic E-state index is 9.23. The van der Waals surface area contributed by atoms with Gasteiger partial charge in [-0.15, -0.1) is 0 Å². The molecule has 4 nitrogen and oxygen atoms in total. The van der Waals surface area contributed by atoms with Gasteiger partial charge in [0.25, 0.3) is 8.38 Å². The molecule has 0 aliphatic rings. The monoisotopic (exact) mass is 110 g/mol. The molecule has 0 aromatic carbocycles. The van der Waals surface area contributed by atoms with Gasteiger partial charge in [0.1, 0.15) is 0 Å². The van der Waals surface area contributed by atoms with Crippen molar-refractivity contribution in [3.63, 3.8) is 0 Å². The lowest BCUT2D eigenvalue weighted by molar-refractivity contribution is 0.215. The first-order valence-electron chi connectivity index (χ1n) is 1.05. The van der Waals surface area contributed by atoms with Crippen molar-refractivity contribution in [3.05, 3.63) is 0 Å². The maximum absolute atomic E-state index is 9.23. The van der Waals surface area contributed by atoms with Gasteiger partial charge in [-0.3, -0.25) is 0 Å². The van der Waals surface area contributed by atoms with E-state index in [1.54, 1.807) is 0 Å². The first kappa shape index (κ1) is 5.82. The Balaban J connectivity index is 3.26. The van der Waals surface area contributed by atoms with Gasteiger partial charge < -0.3 is 14.9 Å². The summed E-state index contributed by atoms with van der Waals surface area (Å²) in [6.45, 7) is 0. The topological polar surface area (TPSA) is 77.8 Å². The fourth-order valence-electron chi connectivity index (χ4n) is 0. The third-order valence-corrected chi connectivity index (χ3v) is 0.513. The van der Waals surface area contributed by atoms with Crippen molar-refractivity contribution in [1.29, 1.82) is 0 Å². The Morgan fingerprint density at radius 3 is 1.67 bits per heavy atom. The van der Waals surface area contributed by atoms with Crippen LogP contribution >= 0.6 is 8.38 Å². The minimum atomic E-state index is -2.74. The van der Waals surface area contributed by atoms with Crippen LogP contribution in [-0.2, 0) is 0 Å². The highest BCUT2D eigenvalue weighted by molar-refractivity contribution is 7.63. The maximum Gasteiger partial charge on any atom is 0.381 e. The van der Waals surface area contributed by atoms with Gasteiger partial charge in [0.15, 0.2) is 0 Å². The largest absolute Gasteiger partial charge is 0.475 e. The molecule has 0 rings (SSSR count). The zero-order valence-corrected chi connectivity index (χ0v) is 3.59. The molecule has 0 bridgehead atoms. The van der Waals surface area contributed by atoms with Crippen molar-refractivity contribution < 1.29 is 19.7 Å². The summed E-state index contributed by atoms with van der Waals surface area (Å²) in [6, 6.07) is 0. The molecule has 0 aromatic heterocycles. The molecule has 0 spiro atoms. The van der Waals surface area contributed by atoms with Gasteiger partial charge in [-0.25, -0.2) is 4.79 Å². The number of hydrogen-bond donors (Lipinski definition) is 3. The molecule has 6 heavy (non-hydrogen) atoms. The van der Waals surface area contributed by atoms with E-state index in [9.17, 15) is 4.79 Å². The molecule has 3 N–H and O–H groups in total. The lowest BCUT2D eigenvalue weighted by Gasteiger charge is -1.86. The van der Waals surface area contributed by atoms with Crippen LogP contribution in [0.3, 0.4) is 0 Å². The van der Waals surface area contributed by atoms with E-state index in [-0.39, 0.29) is 0 Å². The van der Waals surface area contributed by atoms with Gasteiger partial charge in [0.2, 0.25) is 0 Å². The van der Waals surface area contributed by atoms with Gasteiger partial charge in [0.05, 0.1) is 0 Å². The highest BCUT2D eigenvalue weighted by atomic mass is 31.2. The molecule has 0 amide bonds. The fraction of sp³-hybridized carbons (Fsp3) is 0. The normalized spacial score (nSPS) is 9.17. The summed E-state index contributed by atoms with van der Waals surface area (Å²) in [5.41, 5.74) is -1.56. The van der Waals surface area contributed by atoms with Crippen molar-refractivity contribution in [1.82, 2.24) is 0 Å². The third-order valence-electron chi connectivity index (χ3n) is 0.171. The highest BCUT2D eigenvalue weighted by Crippen LogP contribution is 2.22. The molecule has 0 saturated carbocycles. The Kier molecular flexibility index (Phi) is 2.01. The van der Waals surface area contributed by atoms with Crippen molar-refractivity contribution in [2.24, 2.45) is 0 Å². The molecule has 0 aliphatic heterocycles. The predicted octanol–water partition coefficient (Wildman–Crippen LogP) is -0.0391. The van der Waals surface area contributed by atoms with Crippen molar-refractivity contribution in [2.45, 2.75) is 0 Å².